The van der Waals surface area contributed by atoms with Crippen LogP contribution in [-0.4, -0.2) is 49.5 Å². The Balaban J connectivity index is 1.27. The van der Waals surface area contributed by atoms with Crippen LogP contribution in [0.3, 0.4) is 0 Å². The van der Waals surface area contributed by atoms with Gasteiger partial charge < -0.3 is 28.4 Å². The lowest BCUT2D eigenvalue weighted by Crippen LogP contribution is -2.29. The van der Waals surface area contributed by atoms with Gasteiger partial charge in [0, 0.05) is 25.2 Å². The zero-order valence-corrected chi connectivity index (χ0v) is 35.0. The molecule has 1 unspecified atom stereocenters. The largest absolute Gasteiger partial charge is 0.463 e. The maximum atomic E-state index is 12.9. The fourth-order valence-corrected chi connectivity index (χ4v) is 6.92. The van der Waals surface area contributed by atoms with Gasteiger partial charge in [0.05, 0.1) is 24.2 Å². The van der Waals surface area contributed by atoms with Crippen LogP contribution in [-0.2, 0) is 28.6 Å². The number of esters is 4. The van der Waals surface area contributed by atoms with Crippen LogP contribution in [0.1, 0.15) is 159 Å². The van der Waals surface area contributed by atoms with Crippen molar-refractivity contribution < 1.29 is 47.6 Å². The molecule has 0 aromatic heterocycles. The van der Waals surface area contributed by atoms with E-state index in [9.17, 15) is 19.2 Å². The summed E-state index contributed by atoms with van der Waals surface area (Å²) in [6.45, 7) is 10.3. The minimum atomic E-state index is -0.751. The van der Waals surface area contributed by atoms with Crippen molar-refractivity contribution in [3.8, 4) is 17.2 Å². The first-order valence-corrected chi connectivity index (χ1v) is 21.9. The highest BCUT2D eigenvalue weighted by atomic mass is 16.7. The van der Waals surface area contributed by atoms with Gasteiger partial charge in [-0.3, -0.25) is 4.79 Å². The van der Waals surface area contributed by atoms with Crippen LogP contribution in [0.25, 0.3) is 0 Å². The van der Waals surface area contributed by atoms with Crippen molar-refractivity contribution in [2.24, 2.45) is 5.92 Å². The molecule has 0 amide bonds. The predicted octanol–water partition coefficient (Wildman–Crippen LogP) is 11.6. The number of hydrogen-bond donors (Lipinski definition) is 0. The van der Waals surface area contributed by atoms with E-state index in [-0.39, 0.29) is 24.0 Å². The summed E-state index contributed by atoms with van der Waals surface area (Å²) in [6.07, 6.45) is 25.0. The van der Waals surface area contributed by atoms with Crippen molar-refractivity contribution >= 4 is 23.9 Å². The maximum Gasteiger partial charge on any atom is 0.343 e. The molecule has 1 aliphatic rings. The Morgan fingerprint density at radius 2 is 1.10 bits per heavy atom. The lowest BCUT2D eigenvalue weighted by molar-refractivity contribution is -0.158. The van der Waals surface area contributed by atoms with Crippen LogP contribution >= 0.6 is 0 Å². The number of ether oxygens (including phenoxy) is 6. The first kappa shape index (κ1) is 47.9. The van der Waals surface area contributed by atoms with Crippen LogP contribution < -0.4 is 14.2 Å². The van der Waals surface area contributed by atoms with Crippen LogP contribution in [0.2, 0.25) is 0 Å². The van der Waals surface area contributed by atoms with E-state index < -0.39 is 18.2 Å². The number of benzene rings is 2. The monoisotopic (exact) mass is 804 g/mol. The van der Waals surface area contributed by atoms with E-state index in [4.69, 9.17) is 28.4 Å². The molecule has 320 valence electrons. The minimum absolute atomic E-state index is 0.166. The maximum absolute atomic E-state index is 12.9. The van der Waals surface area contributed by atoms with Gasteiger partial charge >= 0.3 is 23.9 Å². The predicted molar refractivity (Wildman–Crippen MR) is 226 cm³/mol. The third kappa shape index (κ3) is 20.8. The normalized spacial score (nSPS) is 15.5. The Morgan fingerprint density at radius 1 is 0.603 bits per heavy atom. The molecular formula is C48H68O10. The molecule has 1 atom stereocenters. The summed E-state index contributed by atoms with van der Waals surface area (Å²) < 4.78 is 33.7. The zero-order chi connectivity index (χ0) is 41.6. The molecule has 0 N–H and O–H groups in total. The van der Waals surface area contributed by atoms with Gasteiger partial charge in [-0.1, -0.05) is 110 Å². The van der Waals surface area contributed by atoms with Crippen LogP contribution in [0, 0.1) is 5.92 Å². The van der Waals surface area contributed by atoms with Crippen LogP contribution in [0.15, 0.2) is 73.8 Å². The van der Waals surface area contributed by atoms with Gasteiger partial charge in [-0.25, -0.2) is 14.4 Å². The number of hydrogen-bond acceptors (Lipinski definition) is 10. The second kappa shape index (κ2) is 29.7. The van der Waals surface area contributed by atoms with Crippen LogP contribution in [0.5, 0.6) is 17.2 Å². The van der Waals surface area contributed by atoms with Crippen LogP contribution in [0.4, 0.5) is 0 Å². The SMILES string of the molecule is C=CC(=O)OCCCCCCCCCCCOC1CCC(C(=O)Oc2ccc(OC(=O)c3ccc(OC(CCCCCCCCCC)OC(=O)C=C)cc3)cc2)CC1. The molecule has 0 saturated heterocycles. The average Bonchev–Trinajstić information content (AvgIpc) is 3.24. The Morgan fingerprint density at radius 3 is 1.67 bits per heavy atom. The van der Waals surface area contributed by atoms with Gasteiger partial charge in [0.25, 0.3) is 0 Å². The van der Waals surface area contributed by atoms with Crippen molar-refractivity contribution in [3.63, 3.8) is 0 Å². The summed E-state index contributed by atoms with van der Waals surface area (Å²) in [5.74, 6) is -0.669. The molecule has 1 aliphatic carbocycles. The molecule has 3 rings (SSSR count). The van der Waals surface area contributed by atoms with E-state index in [1.54, 1.807) is 48.5 Å². The lowest BCUT2D eigenvalue weighted by Gasteiger charge is -2.27. The molecule has 1 saturated carbocycles. The summed E-state index contributed by atoms with van der Waals surface area (Å²) in [5.41, 5.74) is 0.326. The van der Waals surface area contributed by atoms with Gasteiger partial charge in [-0.15, -0.1) is 0 Å². The Labute approximate surface area is 347 Å². The molecule has 2 aromatic rings. The fourth-order valence-electron chi connectivity index (χ4n) is 6.92. The average molecular weight is 805 g/mol. The Kier molecular flexibility index (Phi) is 24.6. The van der Waals surface area contributed by atoms with Gasteiger partial charge in [0.2, 0.25) is 6.29 Å². The van der Waals surface area contributed by atoms with E-state index in [0.29, 0.717) is 35.8 Å². The second-order valence-corrected chi connectivity index (χ2v) is 15.2. The quantitative estimate of drug-likeness (QED) is 0.0239. The first-order valence-electron chi connectivity index (χ1n) is 21.9. The van der Waals surface area contributed by atoms with Gasteiger partial charge in [-0.2, -0.15) is 0 Å². The van der Waals surface area contributed by atoms with Gasteiger partial charge in [0.15, 0.2) is 0 Å². The molecule has 10 nitrogen and oxygen atoms in total. The third-order valence-corrected chi connectivity index (χ3v) is 10.4. The number of rotatable bonds is 31. The molecule has 0 aliphatic heterocycles. The molecule has 0 heterocycles. The minimum Gasteiger partial charge on any atom is -0.463 e. The van der Waals surface area contributed by atoms with E-state index in [1.807, 2.05) is 0 Å². The van der Waals surface area contributed by atoms with E-state index in [2.05, 4.69) is 20.1 Å². The van der Waals surface area contributed by atoms with Crippen molar-refractivity contribution in [3.05, 3.63) is 79.4 Å². The van der Waals surface area contributed by atoms with Gasteiger partial charge in [-0.05, 0) is 93.5 Å². The standard InChI is InChI=1S/C48H68O10/c1-4-7-8-9-10-14-17-20-23-46(58-45(50)6-3)55-41-30-26-39(27-31-41)48(52)57-43-34-32-42(33-35-43)56-47(51)38-24-28-40(29-25-38)53-36-21-18-15-12-11-13-16-19-22-37-54-44(49)5-2/h5-6,26-27,30-35,38,40,46H,2-4,7-25,28-29,36-37H2,1H3. The molecule has 10 heteroatoms. The van der Waals surface area contributed by atoms with Crippen molar-refractivity contribution in [2.45, 2.75) is 161 Å². The summed E-state index contributed by atoms with van der Waals surface area (Å²) in [7, 11) is 0. The third-order valence-electron chi connectivity index (χ3n) is 10.4. The topological polar surface area (TPSA) is 124 Å². The van der Waals surface area contributed by atoms with E-state index in [1.165, 1.54) is 70.3 Å². The fraction of sp³-hybridized carbons (Fsp3) is 0.583. The smallest absolute Gasteiger partial charge is 0.343 e. The van der Waals surface area contributed by atoms with E-state index in [0.717, 1.165) is 83.3 Å². The van der Waals surface area contributed by atoms with E-state index >= 15 is 0 Å². The summed E-state index contributed by atoms with van der Waals surface area (Å²) in [6, 6.07) is 12.9. The lowest BCUT2D eigenvalue weighted by atomic mass is 9.87. The summed E-state index contributed by atoms with van der Waals surface area (Å²) in [4.78, 5) is 48.7. The highest BCUT2D eigenvalue weighted by Crippen LogP contribution is 2.29. The Bertz CT molecular complexity index is 1480. The number of unbranched alkanes of at least 4 members (excludes halogenated alkanes) is 15. The summed E-state index contributed by atoms with van der Waals surface area (Å²) in [5, 5.41) is 0. The Hall–Kier alpha value is -4.44. The molecule has 58 heavy (non-hydrogen) atoms. The molecule has 0 spiro atoms. The number of carbonyl (C=O) groups excluding carboxylic acids is 4. The first-order chi connectivity index (χ1) is 28.3. The molecule has 1 fully saturated rings. The van der Waals surface area contributed by atoms with Crippen molar-refractivity contribution in [1.29, 1.82) is 0 Å². The molecule has 0 radical (unpaired) electrons. The highest BCUT2D eigenvalue weighted by Gasteiger charge is 2.28. The summed E-state index contributed by atoms with van der Waals surface area (Å²) >= 11 is 0. The van der Waals surface area contributed by atoms with Crippen molar-refractivity contribution in [1.82, 2.24) is 0 Å². The molecule has 2 aromatic carbocycles. The molecular weight excluding hydrogens is 737 g/mol. The zero-order valence-electron chi connectivity index (χ0n) is 35.0. The van der Waals surface area contributed by atoms with Gasteiger partial charge in [0.1, 0.15) is 17.2 Å². The van der Waals surface area contributed by atoms with Crippen molar-refractivity contribution in [2.75, 3.05) is 13.2 Å². The highest BCUT2D eigenvalue weighted by molar-refractivity contribution is 5.91. The number of carbonyl (C=O) groups is 4. The second-order valence-electron chi connectivity index (χ2n) is 15.2. The molecule has 0 bridgehead atoms.